The summed E-state index contributed by atoms with van der Waals surface area (Å²) in [6.45, 7) is 3.96. The van der Waals surface area contributed by atoms with Crippen LogP contribution in [0.15, 0.2) is 36.7 Å². The highest BCUT2D eigenvalue weighted by atomic mass is 16.3. The minimum Gasteiger partial charge on any atom is -0.508 e. The first-order valence-corrected chi connectivity index (χ1v) is 4.89. The molecule has 2 rings (SSSR count). The fourth-order valence-electron chi connectivity index (χ4n) is 1.66. The molecule has 15 heavy (non-hydrogen) atoms. The Morgan fingerprint density at radius 2 is 1.87 bits per heavy atom. The Bertz CT molecular complexity index is 492. The van der Waals surface area contributed by atoms with E-state index in [1.165, 1.54) is 5.56 Å². The maximum absolute atomic E-state index is 9.63. The monoisotopic (exact) mass is 199 g/mol. The van der Waals surface area contributed by atoms with Crippen molar-refractivity contribution in [2.75, 3.05) is 0 Å². The Morgan fingerprint density at radius 3 is 2.60 bits per heavy atom. The molecule has 0 aliphatic heterocycles. The summed E-state index contributed by atoms with van der Waals surface area (Å²) in [5.74, 6) is 0.329. The highest BCUT2D eigenvalue weighted by Gasteiger charge is 2.07. The molecule has 0 bridgehead atoms. The van der Waals surface area contributed by atoms with Crippen LogP contribution in [0.25, 0.3) is 11.1 Å². The van der Waals surface area contributed by atoms with Gasteiger partial charge in [0.15, 0.2) is 0 Å². The Labute approximate surface area is 89.2 Å². The number of benzene rings is 1. The quantitative estimate of drug-likeness (QED) is 0.765. The van der Waals surface area contributed by atoms with Gasteiger partial charge in [-0.15, -0.1) is 0 Å². The Kier molecular flexibility index (Phi) is 2.42. The third-order valence-electron chi connectivity index (χ3n) is 2.63. The number of aromatic nitrogens is 1. The van der Waals surface area contributed by atoms with Gasteiger partial charge in [0.25, 0.3) is 0 Å². The van der Waals surface area contributed by atoms with Crippen LogP contribution >= 0.6 is 0 Å². The number of aromatic hydroxyl groups is 1. The van der Waals surface area contributed by atoms with E-state index in [1.54, 1.807) is 12.3 Å². The number of nitrogens with zero attached hydrogens (tertiary/aromatic N) is 1. The second-order valence-electron chi connectivity index (χ2n) is 3.64. The fourth-order valence-corrected chi connectivity index (χ4v) is 1.66. The molecule has 2 heteroatoms. The molecule has 0 atom stereocenters. The molecule has 1 aromatic heterocycles. The van der Waals surface area contributed by atoms with Crippen molar-refractivity contribution >= 4 is 0 Å². The molecule has 0 saturated heterocycles. The molecule has 0 aliphatic carbocycles. The first kappa shape index (κ1) is 9.71. The summed E-state index contributed by atoms with van der Waals surface area (Å²) in [6, 6.07) is 7.52. The predicted molar refractivity (Wildman–Crippen MR) is 60.8 cm³/mol. The van der Waals surface area contributed by atoms with Crippen LogP contribution in [0.2, 0.25) is 0 Å². The molecule has 0 saturated carbocycles. The van der Waals surface area contributed by atoms with Gasteiger partial charge in [-0.05, 0) is 42.7 Å². The van der Waals surface area contributed by atoms with E-state index in [0.29, 0.717) is 5.75 Å². The molecule has 0 spiro atoms. The zero-order valence-corrected chi connectivity index (χ0v) is 8.86. The van der Waals surface area contributed by atoms with Crippen molar-refractivity contribution < 1.29 is 5.11 Å². The first-order chi connectivity index (χ1) is 7.20. The van der Waals surface area contributed by atoms with Crippen LogP contribution in [0.3, 0.4) is 0 Å². The fraction of sp³-hybridized carbons (Fsp3) is 0.154. The van der Waals surface area contributed by atoms with Crippen LogP contribution in [-0.2, 0) is 0 Å². The van der Waals surface area contributed by atoms with Crippen LogP contribution in [0.4, 0.5) is 0 Å². The summed E-state index contributed by atoms with van der Waals surface area (Å²) in [5.41, 5.74) is 4.18. The molecule has 2 nitrogen and oxygen atoms in total. The molecular formula is C13H13NO. The number of aryl methyl sites for hydroxylation is 1. The van der Waals surface area contributed by atoms with Crippen molar-refractivity contribution in [2.24, 2.45) is 0 Å². The molecule has 0 unspecified atom stereocenters. The summed E-state index contributed by atoms with van der Waals surface area (Å²) in [7, 11) is 0. The molecule has 0 radical (unpaired) electrons. The zero-order chi connectivity index (χ0) is 10.8. The number of phenols is 1. The summed E-state index contributed by atoms with van der Waals surface area (Å²) < 4.78 is 0. The number of hydrogen-bond acceptors (Lipinski definition) is 2. The third-order valence-corrected chi connectivity index (χ3v) is 2.63. The lowest BCUT2D eigenvalue weighted by molar-refractivity contribution is 0.471. The lowest BCUT2D eigenvalue weighted by Crippen LogP contribution is -1.88. The smallest absolute Gasteiger partial charge is 0.119 e. The second kappa shape index (κ2) is 3.73. The van der Waals surface area contributed by atoms with Gasteiger partial charge < -0.3 is 5.11 Å². The van der Waals surface area contributed by atoms with Gasteiger partial charge in [0.2, 0.25) is 0 Å². The topological polar surface area (TPSA) is 33.1 Å². The first-order valence-electron chi connectivity index (χ1n) is 4.89. The number of hydrogen-bond donors (Lipinski definition) is 1. The van der Waals surface area contributed by atoms with Crippen molar-refractivity contribution in [3.05, 3.63) is 47.8 Å². The molecular weight excluding hydrogens is 186 g/mol. The van der Waals surface area contributed by atoms with Crippen molar-refractivity contribution in [3.8, 4) is 16.9 Å². The van der Waals surface area contributed by atoms with Crippen molar-refractivity contribution in [2.45, 2.75) is 13.8 Å². The minimum absolute atomic E-state index is 0.329. The van der Waals surface area contributed by atoms with E-state index < -0.39 is 0 Å². The van der Waals surface area contributed by atoms with Crippen LogP contribution in [0, 0.1) is 13.8 Å². The third kappa shape index (κ3) is 1.71. The van der Waals surface area contributed by atoms with E-state index in [9.17, 15) is 5.11 Å². The predicted octanol–water partition coefficient (Wildman–Crippen LogP) is 3.07. The van der Waals surface area contributed by atoms with Gasteiger partial charge in [0.05, 0.1) is 0 Å². The van der Waals surface area contributed by atoms with Gasteiger partial charge in [-0.3, -0.25) is 4.98 Å². The highest BCUT2D eigenvalue weighted by molar-refractivity contribution is 5.71. The zero-order valence-electron chi connectivity index (χ0n) is 8.86. The molecule has 0 aliphatic rings. The molecule has 1 aromatic carbocycles. The van der Waals surface area contributed by atoms with Gasteiger partial charge in [0, 0.05) is 18.0 Å². The maximum atomic E-state index is 9.63. The number of rotatable bonds is 1. The summed E-state index contributed by atoms with van der Waals surface area (Å²) >= 11 is 0. The Balaban J connectivity index is 2.65. The largest absolute Gasteiger partial charge is 0.508 e. The minimum atomic E-state index is 0.329. The molecule has 2 aromatic rings. The van der Waals surface area contributed by atoms with Crippen LogP contribution in [0.5, 0.6) is 5.75 Å². The Hall–Kier alpha value is -1.83. The molecule has 0 amide bonds. The van der Waals surface area contributed by atoms with Crippen LogP contribution < -0.4 is 0 Å². The van der Waals surface area contributed by atoms with Crippen molar-refractivity contribution in [1.82, 2.24) is 4.98 Å². The van der Waals surface area contributed by atoms with Crippen LogP contribution in [0.1, 0.15) is 11.1 Å². The summed E-state index contributed by atoms with van der Waals surface area (Å²) in [5, 5.41) is 9.63. The van der Waals surface area contributed by atoms with E-state index in [4.69, 9.17) is 0 Å². The van der Waals surface area contributed by atoms with Crippen LogP contribution in [-0.4, -0.2) is 10.1 Å². The average Bonchev–Trinajstić information content (AvgIpc) is 2.23. The van der Waals surface area contributed by atoms with E-state index >= 15 is 0 Å². The SMILES string of the molecule is Cc1ccncc1-c1cccc(O)c1C. The molecule has 1 heterocycles. The van der Waals surface area contributed by atoms with Crippen molar-refractivity contribution in [1.29, 1.82) is 0 Å². The van der Waals surface area contributed by atoms with E-state index in [0.717, 1.165) is 16.7 Å². The van der Waals surface area contributed by atoms with Gasteiger partial charge in [0.1, 0.15) is 5.75 Å². The lowest BCUT2D eigenvalue weighted by Gasteiger charge is -2.09. The van der Waals surface area contributed by atoms with Gasteiger partial charge in [-0.1, -0.05) is 12.1 Å². The molecule has 1 N–H and O–H groups in total. The Morgan fingerprint density at radius 1 is 1.07 bits per heavy atom. The molecule has 0 fully saturated rings. The number of pyridine rings is 1. The van der Waals surface area contributed by atoms with E-state index in [-0.39, 0.29) is 0 Å². The lowest BCUT2D eigenvalue weighted by atomic mass is 9.98. The van der Waals surface area contributed by atoms with E-state index in [2.05, 4.69) is 4.98 Å². The molecule has 76 valence electrons. The normalized spacial score (nSPS) is 10.3. The van der Waals surface area contributed by atoms with Gasteiger partial charge in [-0.2, -0.15) is 0 Å². The second-order valence-corrected chi connectivity index (χ2v) is 3.64. The average molecular weight is 199 g/mol. The van der Waals surface area contributed by atoms with Gasteiger partial charge in [-0.25, -0.2) is 0 Å². The van der Waals surface area contributed by atoms with E-state index in [1.807, 2.05) is 38.2 Å². The maximum Gasteiger partial charge on any atom is 0.119 e. The standard InChI is InChI=1S/C13H13NO/c1-9-6-7-14-8-12(9)11-4-3-5-13(15)10(11)2/h3-8,15H,1-2H3. The highest BCUT2D eigenvalue weighted by Crippen LogP contribution is 2.30. The van der Waals surface area contributed by atoms with Gasteiger partial charge >= 0.3 is 0 Å². The summed E-state index contributed by atoms with van der Waals surface area (Å²) in [4.78, 5) is 4.11. The number of phenolic OH excluding ortho intramolecular Hbond substituents is 1. The summed E-state index contributed by atoms with van der Waals surface area (Å²) in [6.07, 6.45) is 3.61. The van der Waals surface area contributed by atoms with Crippen molar-refractivity contribution in [3.63, 3.8) is 0 Å².